The van der Waals surface area contributed by atoms with Crippen LogP contribution in [0.2, 0.25) is 0 Å². The minimum atomic E-state index is -0.401. The molecular formula is C17H18N6O2. The molecule has 3 aromatic rings. The van der Waals surface area contributed by atoms with Crippen molar-refractivity contribution < 1.29 is 0 Å². The molecule has 0 fully saturated rings. The molecule has 8 heteroatoms. The normalized spacial score (nSPS) is 11.7. The van der Waals surface area contributed by atoms with Crippen molar-refractivity contribution in [2.24, 2.45) is 0 Å². The molecule has 0 spiro atoms. The topological polar surface area (TPSA) is 99.7 Å². The lowest BCUT2D eigenvalue weighted by Crippen LogP contribution is -2.34. The number of H-pyrrole nitrogens is 2. The molecule has 0 bridgehead atoms. The molecule has 8 nitrogen and oxygen atoms in total. The third-order valence-corrected chi connectivity index (χ3v) is 3.79. The Balaban J connectivity index is 2.11. The molecule has 25 heavy (non-hydrogen) atoms. The molecule has 1 aromatic carbocycles. The van der Waals surface area contributed by atoms with Crippen molar-refractivity contribution in [1.82, 2.24) is 25.0 Å². The fourth-order valence-electron chi connectivity index (χ4n) is 2.31. The maximum atomic E-state index is 12.6. The van der Waals surface area contributed by atoms with Gasteiger partial charge in [-0.25, -0.2) is 0 Å². The molecule has 0 amide bonds. The summed E-state index contributed by atoms with van der Waals surface area (Å²) in [5, 5.41) is 11.2. The summed E-state index contributed by atoms with van der Waals surface area (Å²) in [7, 11) is 3.92. The molecule has 128 valence electrons. The lowest BCUT2D eigenvalue weighted by molar-refractivity contribution is 0.730. The van der Waals surface area contributed by atoms with E-state index >= 15 is 0 Å². The van der Waals surface area contributed by atoms with Gasteiger partial charge < -0.3 is 4.90 Å². The van der Waals surface area contributed by atoms with Gasteiger partial charge in [0.2, 0.25) is 0 Å². The Bertz CT molecular complexity index is 1140. The van der Waals surface area contributed by atoms with Gasteiger partial charge in [-0.3, -0.25) is 19.7 Å². The van der Waals surface area contributed by atoms with E-state index in [0.717, 1.165) is 15.9 Å². The van der Waals surface area contributed by atoms with Crippen LogP contribution in [0.1, 0.15) is 11.3 Å². The third-order valence-electron chi connectivity index (χ3n) is 3.79. The zero-order chi connectivity index (χ0) is 18.1. The Labute approximate surface area is 142 Å². The largest absolute Gasteiger partial charge is 0.378 e. The van der Waals surface area contributed by atoms with Crippen LogP contribution in [0.4, 0.5) is 5.69 Å². The van der Waals surface area contributed by atoms with Crippen LogP contribution in [0.25, 0.3) is 18.6 Å². The van der Waals surface area contributed by atoms with Crippen molar-refractivity contribution in [2.45, 2.75) is 6.92 Å². The van der Waals surface area contributed by atoms with Gasteiger partial charge in [-0.05, 0) is 30.7 Å². The summed E-state index contributed by atoms with van der Waals surface area (Å²) in [4.78, 5) is 28.8. The van der Waals surface area contributed by atoms with Crippen molar-refractivity contribution in [3.8, 4) is 5.95 Å². The van der Waals surface area contributed by atoms with Crippen molar-refractivity contribution in [3.05, 3.63) is 66.8 Å². The number of aryl methyl sites for hydroxylation is 1. The molecule has 0 saturated heterocycles. The molecule has 2 N–H and O–H groups in total. The average Bonchev–Trinajstić information content (AvgIpc) is 2.86. The van der Waals surface area contributed by atoms with Crippen molar-refractivity contribution in [3.63, 3.8) is 0 Å². The lowest BCUT2D eigenvalue weighted by atomic mass is 10.1. The summed E-state index contributed by atoms with van der Waals surface area (Å²) in [6.45, 7) is 5.39. The number of hydrogen-bond acceptors (Lipinski definition) is 5. The SMILES string of the molecule is C=c1[nH]n(-c2nnc(C)c(=O)[nH]2)c(=O)c1=Cc1ccc(N(C)C)cc1. The molecule has 0 atom stereocenters. The van der Waals surface area contributed by atoms with Gasteiger partial charge in [0, 0.05) is 19.8 Å². The molecule has 2 aromatic heterocycles. The van der Waals surface area contributed by atoms with E-state index < -0.39 is 5.56 Å². The average molecular weight is 338 g/mol. The molecule has 0 aliphatic rings. The van der Waals surface area contributed by atoms with Gasteiger partial charge in [-0.15, -0.1) is 10.2 Å². The summed E-state index contributed by atoms with van der Waals surface area (Å²) in [6.07, 6.45) is 1.73. The molecule has 0 saturated carbocycles. The van der Waals surface area contributed by atoms with Crippen molar-refractivity contribution in [1.29, 1.82) is 0 Å². The second-order valence-electron chi connectivity index (χ2n) is 5.84. The van der Waals surface area contributed by atoms with Crippen LogP contribution >= 0.6 is 0 Å². The van der Waals surface area contributed by atoms with Gasteiger partial charge in [-0.1, -0.05) is 18.7 Å². The Kier molecular flexibility index (Phi) is 4.10. The fourth-order valence-corrected chi connectivity index (χ4v) is 2.31. The van der Waals surface area contributed by atoms with Gasteiger partial charge in [0.1, 0.15) is 5.69 Å². The standard InChI is InChI=1S/C17H18N6O2/c1-10-14(9-12-5-7-13(8-6-12)22(3)4)16(25)23(21-10)17-18-15(24)11(2)19-20-17/h5-9,21H,1H2,2-4H3,(H,18,20,24). The quantitative estimate of drug-likeness (QED) is 0.655. The van der Waals surface area contributed by atoms with E-state index in [4.69, 9.17) is 0 Å². The summed E-state index contributed by atoms with van der Waals surface area (Å²) in [6, 6.07) is 7.75. The Morgan fingerprint density at radius 1 is 1.16 bits per heavy atom. The number of nitrogens with zero attached hydrogens (tertiary/aromatic N) is 4. The van der Waals surface area contributed by atoms with Crippen LogP contribution in [0, 0.1) is 6.92 Å². The smallest absolute Gasteiger partial charge is 0.281 e. The Morgan fingerprint density at radius 3 is 2.44 bits per heavy atom. The number of hydrogen-bond donors (Lipinski definition) is 2. The molecule has 0 radical (unpaired) electrons. The second-order valence-corrected chi connectivity index (χ2v) is 5.84. The minimum Gasteiger partial charge on any atom is -0.378 e. The predicted molar refractivity (Wildman–Crippen MR) is 96.4 cm³/mol. The number of benzene rings is 1. The van der Waals surface area contributed by atoms with Crippen LogP contribution in [0.5, 0.6) is 0 Å². The molecule has 0 unspecified atom stereocenters. The Morgan fingerprint density at radius 2 is 1.84 bits per heavy atom. The Hall–Kier alpha value is -3.42. The van der Waals surface area contributed by atoms with E-state index in [2.05, 4.69) is 26.9 Å². The van der Waals surface area contributed by atoms with Crippen molar-refractivity contribution in [2.75, 3.05) is 19.0 Å². The fraction of sp³-hybridized carbons (Fsp3) is 0.176. The van der Waals surface area contributed by atoms with Crippen LogP contribution in [-0.4, -0.2) is 39.1 Å². The first-order valence-electron chi connectivity index (χ1n) is 7.60. The maximum Gasteiger partial charge on any atom is 0.281 e. The third kappa shape index (κ3) is 3.14. The van der Waals surface area contributed by atoms with Crippen LogP contribution in [0.3, 0.4) is 0 Å². The van der Waals surface area contributed by atoms with E-state index in [1.54, 1.807) is 6.08 Å². The monoisotopic (exact) mass is 338 g/mol. The predicted octanol–water partition coefficient (Wildman–Crippen LogP) is -0.743. The van der Waals surface area contributed by atoms with Crippen LogP contribution in [0.15, 0.2) is 33.9 Å². The van der Waals surface area contributed by atoms with Gasteiger partial charge in [0.15, 0.2) is 0 Å². The minimum absolute atomic E-state index is 0.0214. The first-order valence-corrected chi connectivity index (χ1v) is 7.60. The summed E-state index contributed by atoms with van der Waals surface area (Å²) in [5.74, 6) is 0.0214. The van der Waals surface area contributed by atoms with Gasteiger partial charge in [-0.2, -0.15) is 4.68 Å². The second kappa shape index (κ2) is 6.23. The number of aromatic nitrogens is 5. The van der Waals surface area contributed by atoms with E-state index in [1.807, 2.05) is 43.3 Å². The number of rotatable bonds is 3. The number of aromatic amines is 2. The number of nitrogens with one attached hydrogen (secondary N) is 2. The number of anilines is 1. The highest BCUT2D eigenvalue weighted by Crippen LogP contribution is 2.12. The van der Waals surface area contributed by atoms with Gasteiger partial charge in [0.05, 0.1) is 10.6 Å². The maximum absolute atomic E-state index is 12.6. The van der Waals surface area contributed by atoms with E-state index in [9.17, 15) is 9.59 Å². The van der Waals surface area contributed by atoms with Crippen molar-refractivity contribution >= 4 is 18.3 Å². The van der Waals surface area contributed by atoms with Crippen LogP contribution < -0.4 is 26.6 Å². The van der Waals surface area contributed by atoms with Gasteiger partial charge in [0.25, 0.3) is 17.1 Å². The molecule has 2 heterocycles. The molecule has 0 aliphatic carbocycles. The highest BCUT2D eigenvalue weighted by atomic mass is 16.1. The summed E-state index contributed by atoms with van der Waals surface area (Å²) >= 11 is 0. The van der Waals surface area contributed by atoms with E-state index in [0.29, 0.717) is 10.6 Å². The first-order chi connectivity index (χ1) is 11.9. The summed E-state index contributed by atoms with van der Waals surface area (Å²) in [5.41, 5.74) is 1.39. The zero-order valence-electron chi connectivity index (χ0n) is 14.2. The molecular weight excluding hydrogens is 320 g/mol. The molecule has 0 aliphatic heterocycles. The highest BCUT2D eigenvalue weighted by molar-refractivity contribution is 5.55. The lowest BCUT2D eigenvalue weighted by Gasteiger charge is -2.11. The van der Waals surface area contributed by atoms with E-state index in [-0.39, 0.29) is 17.2 Å². The zero-order valence-corrected chi connectivity index (χ0v) is 14.2. The first kappa shape index (κ1) is 16.4. The van der Waals surface area contributed by atoms with E-state index in [1.165, 1.54) is 6.92 Å². The highest BCUT2D eigenvalue weighted by Gasteiger charge is 2.08. The summed E-state index contributed by atoms with van der Waals surface area (Å²) < 4.78 is 1.12. The van der Waals surface area contributed by atoms with Crippen LogP contribution in [-0.2, 0) is 0 Å². The van der Waals surface area contributed by atoms with Gasteiger partial charge >= 0.3 is 0 Å². The molecule has 3 rings (SSSR count).